The number of nitrogens with zero attached hydrogens (tertiary/aromatic N) is 1. The molecule has 4 heteroatoms. The van der Waals surface area contributed by atoms with Gasteiger partial charge in [0.1, 0.15) is 5.54 Å². The molecule has 1 N–H and O–H groups in total. The topological polar surface area (TPSA) is 41.6 Å². The molecule has 0 aromatic carbocycles. The number of ether oxygens (including phenoxy) is 1. The number of hydrogen-bond donors (Lipinski definition) is 1. The van der Waals surface area contributed by atoms with Gasteiger partial charge in [-0.15, -0.1) is 0 Å². The smallest absolute Gasteiger partial charge is 0.327 e. The van der Waals surface area contributed by atoms with E-state index in [0.717, 1.165) is 13.1 Å². The van der Waals surface area contributed by atoms with E-state index in [1.54, 1.807) is 0 Å². The van der Waals surface area contributed by atoms with E-state index < -0.39 is 5.54 Å². The normalized spacial score (nSPS) is 14.6. The Bertz CT molecular complexity index is 269. The number of rotatable bonds is 11. The van der Waals surface area contributed by atoms with Crippen LogP contribution < -0.4 is 5.32 Å². The number of carbonyl (C=O) groups excluding carboxylic acids is 1. The standard InChI is InChI=1S/C16H34N2O2/c1-7-10-11-12-18(14(4)5)13-16(6,17-8-2)15(19)20-9-3/h14,17H,7-13H2,1-6H3. The Morgan fingerprint density at radius 3 is 2.35 bits per heavy atom. The van der Waals surface area contributed by atoms with Crippen LogP contribution in [0.25, 0.3) is 0 Å². The van der Waals surface area contributed by atoms with E-state index >= 15 is 0 Å². The highest BCUT2D eigenvalue weighted by molar-refractivity contribution is 5.80. The van der Waals surface area contributed by atoms with E-state index in [4.69, 9.17) is 4.74 Å². The minimum Gasteiger partial charge on any atom is -0.465 e. The van der Waals surface area contributed by atoms with Gasteiger partial charge in [-0.1, -0.05) is 26.7 Å². The summed E-state index contributed by atoms with van der Waals surface area (Å²) in [5, 5.41) is 3.30. The fraction of sp³-hybridized carbons (Fsp3) is 0.938. The van der Waals surface area contributed by atoms with Gasteiger partial charge in [0.05, 0.1) is 6.61 Å². The lowest BCUT2D eigenvalue weighted by atomic mass is 10.0. The van der Waals surface area contributed by atoms with Gasteiger partial charge in [-0.2, -0.15) is 0 Å². The minimum atomic E-state index is -0.624. The summed E-state index contributed by atoms with van der Waals surface area (Å²) in [7, 11) is 0. The van der Waals surface area contributed by atoms with Crippen LogP contribution in [0.2, 0.25) is 0 Å². The molecule has 0 aliphatic heterocycles. The Labute approximate surface area is 125 Å². The van der Waals surface area contributed by atoms with Gasteiger partial charge >= 0.3 is 5.97 Å². The van der Waals surface area contributed by atoms with Crippen molar-refractivity contribution in [1.82, 2.24) is 10.2 Å². The number of carbonyl (C=O) groups is 1. The van der Waals surface area contributed by atoms with Crippen LogP contribution in [0.4, 0.5) is 0 Å². The van der Waals surface area contributed by atoms with Crippen molar-refractivity contribution in [2.24, 2.45) is 0 Å². The van der Waals surface area contributed by atoms with Crippen LogP contribution in [-0.4, -0.2) is 48.7 Å². The minimum absolute atomic E-state index is 0.150. The van der Waals surface area contributed by atoms with Crippen molar-refractivity contribution in [3.8, 4) is 0 Å². The first-order chi connectivity index (χ1) is 9.41. The van der Waals surface area contributed by atoms with E-state index in [9.17, 15) is 4.79 Å². The largest absolute Gasteiger partial charge is 0.465 e. The van der Waals surface area contributed by atoms with Gasteiger partial charge in [0, 0.05) is 12.6 Å². The predicted molar refractivity (Wildman–Crippen MR) is 84.9 cm³/mol. The molecule has 0 saturated carbocycles. The van der Waals surface area contributed by atoms with Crippen LogP contribution in [-0.2, 0) is 9.53 Å². The highest BCUT2D eigenvalue weighted by Gasteiger charge is 2.36. The first kappa shape index (κ1) is 19.4. The Balaban J connectivity index is 4.75. The molecule has 20 heavy (non-hydrogen) atoms. The fourth-order valence-electron chi connectivity index (χ4n) is 2.36. The molecular weight excluding hydrogens is 252 g/mol. The molecule has 0 rings (SSSR count). The maximum atomic E-state index is 12.2. The van der Waals surface area contributed by atoms with Gasteiger partial charge in [0.25, 0.3) is 0 Å². The summed E-state index contributed by atoms with van der Waals surface area (Å²) in [5.74, 6) is -0.150. The zero-order valence-electron chi connectivity index (χ0n) is 14.3. The Hall–Kier alpha value is -0.610. The highest BCUT2D eigenvalue weighted by atomic mass is 16.5. The van der Waals surface area contributed by atoms with Crippen LogP contribution >= 0.6 is 0 Å². The summed E-state index contributed by atoms with van der Waals surface area (Å²) in [6, 6.07) is 0.430. The zero-order chi connectivity index (χ0) is 15.6. The van der Waals surface area contributed by atoms with E-state index in [1.807, 2.05) is 20.8 Å². The average molecular weight is 286 g/mol. The van der Waals surface area contributed by atoms with E-state index in [2.05, 4.69) is 31.0 Å². The van der Waals surface area contributed by atoms with Crippen molar-refractivity contribution in [3.05, 3.63) is 0 Å². The van der Waals surface area contributed by atoms with Gasteiger partial charge < -0.3 is 10.1 Å². The molecule has 0 heterocycles. The first-order valence-electron chi connectivity index (χ1n) is 8.07. The van der Waals surface area contributed by atoms with Crippen molar-refractivity contribution in [2.75, 3.05) is 26.2 Å². The molecule has 0 fully saturated rings. The van der Waals surface area contributed by atoms with Crippen LogP contribution in [0.1, 0.15) is 60.8 Å². The Morgan fingerprint density at radius 1 is 1.25 bits per heavy atom. The quantitative estimate of drug-likeness (QED) is 0.468. The molecule has 0 saturated heterocycles. The van der Waals surface area contributed by atoms with Gasteiger partial charge in [-0.25, -0.2) is 0 Å². The summed E-state index contributed by atoms with van der Waals surface area (Å²) < 4.78 is 5.24. The predicted octanol–water partition coefficient (Wildman–Crippen LogP) is 2.82. The van der Waals surface area contributed by atoms with Crippen molar-refractivity contribution < 1.29 is 9.53 Å². The Morgan fingerprint density at radius 2 is 1.90 bits per heavy atom. The number of esters is 1. The molecule has 0 amide bonds. The molecule has 4 nitrogen and oxygen atoms in total. The summed E-state index contributed by atoms with van der Waals surface area (Å²) in [5.41, 5.74) is -0.624. The van der Waals surface area contributed by atoms with Crippen LogP contribution in [0.15, 0.2) is 0 Å². The van der Waals surface area contributed by atoms with Crippen LogP contribution in [0, 0.1) is 0 Å². The second kappa shape index (κ2) is 10.2. The summed E-state index contributed by atoms with van der Waals surface area (Å²) >= 11 is 0. The summed E-state index contributed by atoms with van der Waals surface area (Å²) in [4.78, 5) is 14.6. The Kier molecular flexibility index (Phi) is 9.86. The molecule has 1 atom stereocenters. The fourth-order valence-corrected chi connectivity index (χ4v) is 2.36. The molecule has 1 unspecified atom stereocenters. The number of unbranched alkanes of at least 4 members (excludes halogenated alkanes) is 2. The lowest BCUT2D eigenvalue weighted by molar-refractivity contribution is -0.151. The number of hydrogen-bond acceptors (Lipinski definition) is 4. The second-order valence-electron chi connectivity index (χ2n) is 5.85. The molecule has 120 valence electrons. The van der Waals surface area contributed by atoms with Crippen LogP contribution in [0.5, 0.6) is 0 Å². The molecule has 0 aliphatic carbocycles. The summed E-state index contributed by atoms with van der Waals surface area (Å²) in [6.07, 6.45) is 3.63. The zero-order valence-corrected chi connectivity index (χ0v) is 14.3. The molecule has 0 aromatic rings. The maximum Gasteiger partial charge on any atom is 0.327 e. The number of nitrogens with one attached hydrogen (secondary N) is 1. The molecule has 0 aromatic heterocycles. The van der Waals surface area contributed by atoms with E-state index in [1.165, 1.54) is 19.3 Å². The van der Waals surface area contributed by atoms with Crippen molar-refractivity contribution in [3.63, 3.8) is 0 Å². The molecule has 0 bridgehead atoms. The summed E-state index contributed by atoms with van der Waals surface area (Å²) in [6.45, 7) is 15.3. The van der Waals surface area contributed by atoms with Gasteiger partial charge in [0.15, 0.2) is 0 Å². The van der Waals surface area contributed by atoms with Gasteiger partial charge in [-0.05, 0) is 47.2 Å². The van der Waals surface area contributed by atoms with Crippen molar-refractivity contribution in [2.45, 2.75) is 72.4 Å². The monoisotopic (exact) mass is 286 g/mol. The number of likely N-dealkylation sites (N-methyl/N-ethyl adjacent to an activating group) is 1. The van der Waals surface area contributed by atoms with E-state index in [-0.39, 0.29) is 5.97 Å². The third-order valence-corrected chi connectivity index (χ3v) is 3.59. The van der Waals surface area contributed by atoms with Crippen molar-refractivity contribution >= 4 is 5.97 Å². The molecular formula is C16H34N2O2. The molecule has 0 radical (unpaired) electrons. The molecule has 0 spiro atoms. The average Bonchev–Trinajstić information content (AvgIpc) is 2.38. The lowest BCUT2D eigenvalue weighted by Gasteiger charge is -2.36. The maximum absolute atomic E-state index is 12.2. The second-order valence-corrected chi connectivity index (χ2v) is 5.85. The van der Waals surface area contributed by atoms with E-state index in [0.29, 0.717) is 19.2 Å². The van der Waals surface area contributed by atoms with Gasteiger partial charge in [-0.3, -0.25) is 9.69 Å². The third kappa shape index (κ3) is 6.71. The third-order valence-electron chi connectivity index (χ3n) is 3.59. The van der Waals surface area contributed by atoms with Crippen LogP contribution in [0.3, 0.4) is 0 Å². The van der Waals surface area contributed by atoms with Crippen molar-refractivity contribution in [1.29, 1.82) is 0 Å². The highest BCUT2D eigenvalue weighted by Crippen LogP contribution is 2.13. The SMILES string of the molecule is CCCCCN(CC(C)(NCC)C(=O)OCC)C(C)C. The molecule has 0 aliphatic rings. The lowest BCUT2D eigenvalue weighted by Crippen LogP contribution is -2.58. The first-order valence-corrected chi connectivity index (χ1v) is 8.07. The van der Waals surface area contributed by atoms with Gasteiger partial charge in [0.2, 0.25) is 0 Å².